The van der Waals surface area contributed by atoms with Crippen molar-refractivity contribution in [3.05, 3.63) is 560 Å². The molecule has 0 heteroatoms. The fourth-order valence-electron chi connectivity index (χ4n) is 26.2. The van der Waals surface area contributed by atoms with E-state index in [9.17, 15) is 0 Å². The van der Waals surface area contributed by atoms with E-state index in [-0.39, 0.29) is 37.9 Å². The van der Waals surface area contributed by atoms with Crippen LogP contribution in [0.5, 0.6) is 0 Å². The highest BCUT2D eigenvalue weighted by Crippen LogP contribution is 2.60. The van der Waals surface area contributed by atoms with Gasteiger partial charge in [0.25, 0.3) is 0 Å². The number of aryl methyl sites for hydroxylation is 7. The maximum absolute atomic E-state index is 2.38. The zero-order valence-electron chi connectivity index (χ0n) is 90.1. The number of rotatable bonds is 6. The van der Waals surface area contributed by atoms with Crippen LogP contribution in [0.3, 0.4) is 0 Å². The molecule has 0 fully saturated rings. The average Bonchev–Trinajstić information content (AvgIpc) is 1.57. The van der Waals surface area contributed by atoms with Crippen molar-refractivity contribution in [2.24, 2.45) is 0 Å². The smallest absolute Gasteiger partial charge is 0.0165 e. The molecule has 7 aliphatic carbocycles. The second-order valence-corrected chi connectivity index (χ2v) is 45.7. The van der Waals surface area contributed by atoms with Gasteiger partial charge in [-0.15, -0.1) is 0 Å². The van der Waals surface area contributed by atoms with Crippen molar-refractivity contribution < 1.29 is 0 Å². The second kappa shape index (κ2) is 38.7. The molecule has 0 unspecified atom stereocenters. The molecule has 0 N–H and O–H groups in total. The van der Waals surface area contributed by atoms with Gasteiger partial charge in [-0.3, -0.25) is 0 Å². The molecule has 0 heterocycles. The van der Waals surface area contributed by atoms with Gasteiger partial charge in [-0.1, -0.05) is 533 Å². The van der Waals surface area contributed by atoms with Gasteiger partial charge >= 0.3 is 0 Å². The summed E-state index contributed by atoms with van der Waals surface area (Å²) in [6.07, 6.45) is 0. The first-order valence-corrected chi connectivity index (χ1v) is 53.2. The summed E-state index contributed by atoms with van der Waals surface area (Å²) in [7, 11) is 0. The van der Waals surface area contributed by atoms with Crippen molar-refractivity contribution in [2.75, 3.05) is 0 Å². The Morgan fingerprint density at radius 1 is 0.115 bits per heavy atom. The summed E-state index contributed by atoms with van der Waals surface area (Å²) in [6.45, 7) is 48.2. The molecule has 20 aromatic carbocycles. The first-order valence-electron chi connectivity index (χ1n) is 53.2. The minimum absolute atomic E-state index is 0.0448. The molecule has 0 atom stereocenters. The number of benzene rings is 20. The predicted molar refractivity (Wildman–Crippen MR) is 634 cm³/mol. The maximum atomic E-state index is 2.38. The Kier molecular flexibility index (Phi) is 25.7. The van der Waals surface area contributed by atoms with Gasteiger partial charge in [-0.05, 0) is 317 Å². The molecule has 0 aliphatic heterocycles. The largest absolute Gasteiger partial charge is 0.0622 e. The molecule has 20 aromatic rings. The van der Waals surface area contributed by atoms with Crippen LogP contribution in [-0.2, 0) is 37.9 Å². The third-order valence-corrected chi connectivity index (χ3v) is 33.7. The van der Waals surface area contributed by atoms with E-state index < -0.39 is 0 Å². The Morgan fingerprint density at radius 2 is 0.378 bits per heavy atom. The van der Waals surface area contributed by atoms with Crippen LogP contribution in [0.25, 0.3) is 145 Å². The van der Waals surface area contributed by atoms with Crippen LogP contribution in [0.15, 0.2) is 443 Å². The molecule has 0 spiro atoms. The first kappa shape index (κ1) is 98.4. The highest BCUT2D eigenvalue weighted by molar-refractivity contribution is 5.97. The molecule has 148 heavy (non-hydrogen) atoms. The van der Waals surface area contributed by atoms with Crippen molar-refractivity contribution in [3.63, 3.8) is 0 Å². The van der Waals surface area contributed by atoms with Crippen molar-refractivity contribution in [2.45, 2.75) is 183 Å². The molecular weight excluding hydrogens is 1780 g/mol. The summed E-state index contributed by atoms with van der Waals surface area (Å²) in [5.74, 6) is 0. The van der Waals surface area contributed by atoms with E-state index in [1.165, 1.54) is 261 Å². The van der Waals surface area contributed by atoms with E-state index in [2.05, 4.69) is 588 Å². The van der Waals surface area contributed by atoms with Crippen LogP contribution in [0.1, 0.15) is 214 Å². The molecule has 7 aliphatic rings. The molecule has 0 aromatic heterocycles. The molecule has 0 radical (unpaired) electrons. The molecule has 27 rings (SSSR count). The van der Waals surface area contributed by atoms with Gasteiger partial charge in [0.15, 0.2) is 0 Å². The number of hydrogen-bond acceptors (Lipinski definition) is 0. The Morgan fingerprint density at radius 3 is 0.892 bits per heavy atom. The van der Waals surface area contributed by atoms with E-state index in [1.54, 1.807) is 0 Å². The fourth-order valence-corrected chi connectivity index (χ4v) is 26.2. The second-order valence-electron chi connectivity index (χ2n) is 45.7. The summed E-state index contributed by atoms with van der Waals surface area (Å²) >= 11 is 0. The molecule has 0 bridgehead atoms. The molecule has 728 valence electrons. The molecule has 0 nitrogen and oxygen atoms in total. The Labute approximate surface area is 881 Å². The minimum atomic E-state index is 0.0448. The van der Waals surface area contributed by atoms with Gasteiger partial charge in [0.2, 0.25) is 0 Å². The van der Waals surface area contributed by atoms with Crippen molar-refractivity contribution in [1.82, 2.24) is 0 Å². The topological polar surface area (TPSA) is 0 Å². The van der Waals surface area contributed by atoms with Gasteiger partial charge in [-0.25, -0.2) is 0 Å². The van der Waals surface area contributed by atoms with Crippen molar-refractivity contribution in [1.29, 1.82) is 0 Å². The molecule has 0 saturated heterocycles. The number of hydrogen-bond donors (Lipinski definition) is 0. The highest BCUT2D eigenvalue weighted by Gasteiger charge is 2.44. The van der Waals surface area contributed by atoms with Crippen LogP contribution in [0, 0.1) is 48.5 Å². The average molecular weight is 1910 g/mol. The van der Waals surface area contributed by atoms with Crippen molar-refractivity contribution in [3.8, 4) is 145 Å². The van der Waals surface area contributed by atoms with Gasteiger partial charge in [0.1, 0.15) is 0 Å². The van der Waals surface area contributed by atoms with Gasteiger partial charge in [-0.2, -0.15) is 0 Å². The third kappa shape index (κ3) is 17.2. The lowest BCUT2D eigenvalue weighted by molar-refractivity contribution is 0.655. The quantitative estimate of drug-likeness (QED) is 0.156. The fraction of sp³-hybridized carbons (Fsp3) is 0.189. The zero-order chi connectivity index (χ0) is 103. The van der Waals surface area contributed by atoms with Crippen LogP contribution in [-0.4, -0.2) is 0 Å². The molecule has 0 saturated carbocycles. The van der Waals surface area contributed by atoms with Crippen molar-refractivity contribution >= 4 is 0 Å². The minimum Gasteiger partial charge on any atom is -0.0622 e. The Balaban J connectivity index is 0.000000101. The van der Waals surface area contributed by atoms with E-state index in [4.69, 9.17) is 0 Å². The lowest BCUT2D eigenvalue weighted by Gasteiger charge is -2.25. The van der Waals surface area contributed by atoms with E-state index >= 15 is 0 Å². The summed E-state index contributed by atoms with van der Waals surface area (Å²) in [6, 6.07) is 161. The van der Waals surface area contributed by atoms with E-state index in [1.807, 2.05) is 0 Å². The van der Waals surface area contributed by atoms with Crippen LogP contribution in [0.2, 0.25) is 0 Å². The highest BCUT2D eigenvalue weighted by atomic mass is 14.5. The lowest BCUT2D eigenvalue weighted by Crippen LogP contribution is -2.16. The number of fused-ring (bicyclic) bond motifs is 21. The van der Waals surface area contributed by atoms with Crippen LogP contribution < -0.4 is 0 Å². The molecule has 0 amide bonds. The normalized spacial score (nSPS) is 14.6. The van der Waals surface area contributed by atoms with Crippen LogP contribution in [0.4, 0.5) is 0 Å². The summed E-state index contributed by atoms with van der Waals surface area (Å²) < 4.78 is 0. The van der Waals surface area contributed by atoms with Gasteiger partial charge in [0.05, 0.1) is 0 Å². The first-order chi connectivity index (χ1) is 71.2. The summed E-state index contributed by atoms with van der Waals surface area (Å²) in [4.78, 5) is 0. The zero-order valence-corrected chi connectivity index (χ0v) is 90.1. The lowest BCUT2D eigenvalue weighted by atomic mass is 9.78. The Hall–Kier alpha value is -15.6. The monoisotopic (exact) mass is 1910 g/mol. The maximum Gasteiger partial charge on any atom is 0.0165 e. The summed E-state index contributed by atoms with van der Waals surface area (Å²) in [5.41, 5.74) is 65.9. The van der Waals surface area contributed by atoms with Crippen LogP contribution >= 0.6 is 0 Å². The standard InChI is InChI=1S/6C22H20.C16H16/c1-15-11-13-16(14-12-15)17-8-6-10-20-21(17)18-7-4-5-9-19(18)22(20,2)3;1-15-8-7-11-19-21(15)18-13-12-17(14-20(18)22(19,2)3)16-9-5-4-6-10-16;1-15-8-7-11-19-18-13-12-17(16-9-5-4-6-10-16)14-20(18)22(2,3)21(15)19;1-15-13-14-17(16-9-5-4-6-10-16)20-18-11-7-8-12-19(18)22(2,3)21(15)20;1-15-13-14-17(16-9-5-4-6-10-16)21-20(15)18-11-7-8-12-19(18)22(21,2)3;1-15-9-12-20-19(13-15)18-11-10-17(14-21(18)22(20,2)3)16-7-5-4-6-8-16;1-11-7-6-9-13-12-8-4-5-10-14(12)16(2,3)15(11)13/h6*4-14H,1-3H3;4-10H,1-3H3. The molecular formula is C148H136. The SMILES string of the molecule is Cc1ccc(-c2cccc3c2-c2ccccc2C3(C)C)cc1.Cc1ccc(-c2ccccc2)c2c1-c1ccccc1C2(C)C.Cc1ccc(-c2ccccc2)c2c1C(C)(C)c1ccccc1-2.Cc1ccc2c(c1)-c1ccc(-c3ccccc3)cc1C2(C)C.Cc1cccc2c1-c1ccc(-c3ccccc3)cc1C2(C)C.Cc1cccc2c1C(C)(C)c1cc(-c3ccccc3)ccc1-2.Cc1cccc2c1C(C)(C)c1ccccc1-2. The van der Waals surface area contributed by atoms with E-state index in [0.717, 1.165) is 0 Å². The van der Waals surface area contributed by atoms with Gasteiger partial charge in [0, 0.05) is 37.9 Å². The van der Waals surface area contributed by atoms with Gasteiger partial charge < -0.3 is 0 Å². The Bertz CT molecular complexity index is 8460. The summed E-state index contributed by atoms with van der Waals surface area (Å²) in [5, 5.41) is 0. The third-order valence-electron chi connectivity index (χ3n) is 33.7. The predicted octanol–water partition coefficient (Wildman–Crippen LogP) is 40.1. The van der Waals surface area contributed by atoms with E-state index in [0.29, 0.717) is 0 Å².